The van der Waals surface area contributed by atoms with Gasteiger partial charge in [0.2, 0.25) is 0 Å². The maximum atomic E-state index is 9.52. The number of hydrogen-bond acceptors (Lipinski definition) is 3. The van der Waals surface area contributed by atoms with Gasteiger partial charge in [0.05, 0.1) is 18.8 Å². The summed E-state index contributed by atoms with van der Waals surface area (Å²) in [5.74, 6) is 0. The van der Waals surface area contributed by atoms with Crippen molar-refractivity contribution >= 4 is 5.69 Å². The smallest absolute Gasteiger partial charge is 0.130 e. The Morgan fingerprint density at radius 1 is 1.44 bits per heavy atom. The summed E-state index contributed by atoms with van der Waals surface area (Å²) >= 11 is 0. The molecule has 0 spiro atoms. The molecule has 1 aliphatic rings. The Bertz CT molecular complexity index is 410. The highest BCUT2D eigenvalue weighted by atomic mass is 16.5. The van der Waals surface area contributed by atoms with Gasteiger partial charge in [-0.25, -0.2) is 0 Å². The first-order valence-corrected chi connectivity index (χ1v) is 6.64. The molecule has 1 aromatic carbocycles. The first-order chi connectivity index (χ1) is 8.78. The Balaban J connectivity index is 2.08. The van der Waals surface area contributed by atoms with E-state index in [4.69, 9.17) is 4.74 Å². The predicted octanol–water partition coefficient (Wildman–Crippen LogP) is 3.34. The average molecular weight is 244 g/mol. The molecule has 0 saturated carbocycles. The SMILES string of the molecule is CCCC1CC(C#N)(Nc2ccccc2)CCO1. The third-order valence-electron chi connectivity index (χ3n) is 3.44. The minimum Gasteiger partial charge on any atom is -0.378 e. The van der Waals surface area contributed by atoms with Crippen LogP contribution in [0.5, 0.6) is 0 Å². The average Bonchev–Trinajstić information content (AvgIpc) is 2.41. The number of nitrogens with one attached hydrogen (secondary N) is 1. The van der Waals surface area contributed by atoms with Crippen LogP contribution in [-0.4, -0.2) is 18.2 Å². The summed E-state index contributed by atoms with van der Waals surface area (Å²) in [6.07, 6.45) is 3.85. The second-order valence-electron chi connectivity index (χ2n) is 4.92. The molecular weight excluding hydrogens is 224 g/mol. The number of para-hydroxylation sites is 1. The number of anilines is 1. The third-order valence-corrected chi connectivity index (χ3v) is 3.44. The molecule has 3 heteroatoms. The molecule has 0 bridgehead atoms. The van der Waals surface area contributed by atoms with Crippen molar-refractivity contribution in [1.29, 1.82) is 5.26 Å². The van der Waals surface area contributed by atoms with E-state index in [0.29, 0.717) is 6.61 Å². The van der Waals surface area contributed by atoms with E-state index in [1.54, 1.807) is 0 Å². The van der Waals surface area contributed by atoms with Crippen LogP contribution in [0.3, 0.4) is 0 Å². The Labute approximate surface area is 109 Å². The highest BCUT2D eigenvalue weighted by Gasteiger charge is 2.36. The van der Waals surface area contributed by atoms with Crippen LogP contribution in [0, 0.1) is 11.3 Å². The standard InChI is InChI=1S/C15H20N2O/c1-2-6-14-11-15(12-16,9-10-18-14)17-13-7-4-3-5-8-13/h3-5,7-8,14,17H,2,6,9-11H2,1H3. The van der Waals surface area contributed by atoms with E-state index in [1.165, 1.54) is 0 Å². The molecule has 1 aromatic rings. The van der Waals surface area contributed by atoms with E-state index >= 15 is 0 Å². The second-order valence-corrected chi connectivity index (χ2v) is 4.92. The monoisotopic (exact) mass is 244 g/mol. The van der Waals surface area contributed by atoms with Crippen molar-refractivity contribution in [2.24, 2.45) is 0 Å². The van der Waals surface area contributed by atoms with E-state index in [2.05, 4.69) is 18.3 Å². The number of nitriles is 1. The van der Waals surface area contributed by atoms with Crippen LogP contribution in [0.1, 0.15) is 32.6 Å². The van der Waals surface area contributed by atoms with Gasteiger partial charge in [0.25, 0.3) is 0 Å². The summed E-state index contributed by atoms with van der Waals surface area (Å²) in [6.45, 7) is 2.81. The minimum atomic E-state index is -0.473. The van der Waals surface area contributed by atoms with Crippen molar-refractivity contribution < 1.29 is 4.74 Å². The number of nitrogens with zero attached hydrogens (tertiary/aromatic N) is 1. The molecule has 0 amide bonds. The molecule has 1 saturated heterocycles. The number of ether oxygens (including phenoxy) is 1. The fraction of sp³-hybridized carbons (Fsp3) is 0.533. The third kappa shape index (κ3) is 3.02. The molecule has 18 heavy (non-hydrogen) atoms. The molecule has 0 radical (unpaired) electrons. The van der Waals surface area contributed by atoms with E-state index in [-0.39, 0.29) is 6.10 Å². The minimum absolute atomic E-state index is 0.208. The maximum Gasteiger partial charge on any atom is 0.130 e. The van der Waals surface area contributed by atoms with Crippen molar-refractivity contribution in [2.45, 2.75) is 44.2 Å². The van der Waals surface area contributed by atoms with Crippen LogP contribution in [-0.2, 0) is 4.74 Å². The second kappa shape index (κ2) is 5.88. The molecule has 3 nitrogen and oxygen atoms in total. The molecule has 2 rings (SSSR count). The zero-order valence-electron chi connectivity index (χ0n) is 10.9. The van der Waals surface area contributed by atoms with Crippen molar-refractivity contribution in [2.75, 3.05) is 11.9 Å². The summed E-state index contributed by atoms with van der Waals surface area (Å²) in [7, 11) is 0. The predicted molar refractivity (Wildman–Crippen MR) is 72.3 cm³/mol. The highest BCUT2D eigenvalue weighted by molar-refractivity contribution is 5.47. The molecule has 2 unspecified atom stereocenters. The fourth-order valence-electron chi connectivity index (χ4n) is 2.50. The van der Waals surface area contributed by atoms with Gasteiger partial charge in [0.15, 0.2) is 0 Å². The van der Waals surface area contributed by atoms with Crippen molar-refractivity contribution in [3.05, 3.63) is 30.3 Å². The summed E-state index contributed by atoms with van der Waals surface area (Å²) in [5, 5.41) is 12.9. The summed E-state index contributed by atoms with van der Waals surface area (Å²) in [6, 6.07) is 12.4. The van der Waals surface area contributed by atoms with E-state index in [0.717, 1.165) is 31.4 Å². The van der Waals surface area contributed by atoms with Crippen LogP contribution >= 0.6 is 0 Å². The molecule has 96 valence electrons. The van der Waals surface area contributed by atoms with Gasteiger partial charge < -0.3 is 10.1 Å². The van der Waals surface area contributed by atoms with Crippen molar-refractivity contribution in [1.82, 2.24) is 0 Å². The van der Waals surface area contributed by atoms with Crippen LogP contribution in [0.2, 0.25) is 0 Å². The maximum absolute atomic E-state index is 9.52. The Morgan fingerprint density at radius 3 is 2.89 bits per heavy atom. The Morgan fingerprint density at radius 2 is 2.22 bits per heavy atom. The van der Waals surface area contributed by atoms with Gasteiger partial charge in [0, 0.05) is 18.5 Å². The lowest BCUT2D eigenvalue weighted by atomic mass is 9.86. The number of benzene rings is 1. The van der Waals surface area contributed by atoms with Gasteiger partial charge in [-0.05, 0) is 18.6 Å². The topological polar surface area (TPSA) is 45.0 Å². The van der Waals surface area contributed by atoms with Gasteiger partial charge in [-0.3, -0.25) is 0 Å². The van der Waals surface area contributed by atoms with Gasteiger partial charge in [0.1, 0.15) is 5.54 Å². The molecular formula is C15H20N2O. The Hall–Kier alpha value is -1.53. The van der Waals surface area contributed by atoms with Gasteiger partial charge >= 0.3 is 0 Å². The fourth-order valence-corrected chi connectivity index (χ4v) is 2.50. The van der Waals surface area contributed by atoms with Gasteiger partial charge in [-0.1, -0.05) is 31.5 Å². The normalized spacial score (nSPS) is 27.4. The van der Waals surface area contributed by atoms with Crippen LogP contribution in [0.25, 0.3) is 0 Å². The molecule has 1 aliphatic heterocycles. The van der Waals surface area contributed by atoms with Gasteiger partial charge in [-0.15, -0.1) is 0 Å². The first kappa shape index (κ1) is 12.9. The van der Waals surface area contributed by atoms with E-state index in [9.17, 15) is 5.26 Å². The largest absolute Gasteiger partial charge is 0.378 e. The first-order valence-electron chi connectivity index (χ1n) is 6.64. The Kier molecular flexibility index (Phi) is 4.22. The zero-order chi connectivity index (χ0) is 12.8. The molecule has 2 atom stereocenters. The van der Waals surface area contributed by atoms with Crippen LogP contribution in [0.4, 0.5) is 5.69 Å². The lowest BCUT2D eigenvalue weighted by Crippen LogP contribution is -2.45. The molecule has 0 aliphatic carbocycles. The van der Waals surface area contributed by atoms with Gasteiger partial charge in [-0.2, -0.15) is 5.26 Å². The van der Waals surface area contributed by atoms with E-state index in [1.807, 2.05) is 30.3 Å². The van der Waals surface area contributed by atoms with Crippen molar-refractivity contribution in [3.8, 4) is 6.07 Å². The van der Waals surface area contributed by atoms with Crippen LogP contribution < -0.4 is 5.32 Å². The summed E-state index contributed by atoms with van der Waals surface area (Å²) < 4.78 is 5.72. The molecule has 1 heterocycles. The quantitative estimate of drug-likeness (QED) is 0.883. The summed E-state index contributed by atoms with van der Waals surface area (Å²) in [5.41, 5.74) is 0.538. The summed E-state index contributed by atoms with van der Waals surface area (Å²) in [4.78, 5) is 0. The van der Waals surface area contributed by atoms with Crippen molar-refractivity contribution in [3.63, 3.8) is 0 Å². The lowest BCUT2D eigenvalue weighted by Gasteiger charge is -2.37. The molecule has 1 fully saturated rings. The molecule has 1 N–H and O–H groups in total. The lowest BCUT2D eigenvalue weighted by molar-refractivity contribution is -0.00613. The van der Waals surface area contributed by atoms with E-state index < -0.39 is 5.54 Å². The highest BCUT2D eigenvalue weighted by Crippen LogP contribution is 2.30. The number of hydrogen-bond donors (Lipinski definition) is 1. The molecule has 0 aromatic heterocycles. The number of rotatable bonds is 4. The zero-order valence-corrected chi connectivity index (χ0v) is 10.9. The van der Waals surface area contributed by atoms with Crippen LogP contribution in [0.15, 0.2) is 30.3 Å².